The molecule has 126 valence electrons. The van der Waals surface area contributed by atoms with E-state index in [4.69, 9.17) is 4.74 Å². The molecule has 0 bridgehead atoms. The Labute approximate surface area is 139 Å². The van der Waals surface area contributed by atoms with Crippen molar-refractivity contribution >= 4 is 17.9 Å². The Kier molecular flexibility index (Phi) is 5.67. The molecule has 1 heterocycles. The summed E-state index contributed by atoms with van der Waals surface area (Å²) in [6, 6.07) is 8.57. The van der Waals surface area contributed by atoms with Crippen molar-refractivity contribution in [2.75, 3.05) is 20.7 Å². The van der Waals surface area contributed by atoms with Crippen LogP contribution in [0.2, 0.25) is 0 Å². The lowest BCUT2D eigenvalue weighted by Crippen LogP contribution is -2.14. The first-order valence-electron chi connectivity index (χ1n) is 7.25. The van der Waals surface area contributed by atoms with E-state index < -0.39 is 10.9 Å². The fraction of sp³-hybridized carbons (Fsp3) is 0.250. The average molecular weight is 330 g/mol. The number of nitrogens with zero attached hydrogens (tertiary/aromatic N) is 4. The fourth-order valence-electron chi connectivity index (χ4n) is 1.99. The second-order valence-corrected chi connectivity index (χ2v) is 5.16. The van der Waals surface area contributed by atoms with Crippen molar-refractivity contribution in [1.29, 1.82) is 0 Å². The first-order valence-corrected chi connectivity index (χ1v) is 7.25. The zero-order chi connectivity index (χ0) is 17.5. The minimum absolute atomic E-state index is 0.00767. The minimum atomic E-state index is -0.515. The van der Waals surface area contributed by atoms with E-state index in [-0.39, 0.29) is 19.0 Å². The lowest BCUT2D eigenvalue weighted by molar-refractivity contribution is -0.392. The molecule has 8 heteroatoms. The Morgan fingerprint density at radius 1 is 1.38 bits per heavy atom. The Morgan fingerprint density at radius 2 is 2.08 bits per heavy atom. The summed E-state index contributed by atoms with van der Waals surface area (Å²) in [5.74, 6) is -0.195. The molecule has 0 N–H and O–H groups in total. The Morgan fingerprint density at radius 3 is 2.71 bits per heavy atom. The van der Waals surface area contributed by atoms with Crippen molar-refractivity contribution in [2.24, 2.45) is 0 Å². The minimum Gasteiger partial charge on any atom is -0.458 e. The lowest BCUT2D eigenvalue weighted by Gasteiger charge is -2.06. The molecule has 0 aliphatic rings. The molecule has 8 nitrogen and oxygen atoms in total. The molecular weight excluding hydrogens is 312 g/mol. The molecule has 0 amide bonds. The van der Waals surface area contributed by atoms with Gasteiger partial charge in [0.2, 0.25) is 5.82 Å². The van der Waals surface area contributed by atoms with Crippen LogP contribution in [0, 0.1) is 10.1 Å². The van der Waals surface area contributed by atoms with Gasteiger partial charge in [-0.25, -0.2) is 14.3 Å². The van der Waals surface area contributed by atoms with Crippen LogP contribution in [0.1, 0.15) is 16.2 Å². The molecule has 0 atom stereocenters. The zero-order valence-corrected chi connectivity index (χ0v) is 13.5. The molecule has 0 aliphatic carbocycles. The predicted octanol–water partition coefficient (Wildman–Crippen LogP) is 2.18. The van der Waals surface area contributed by atoms with Crippen molar-refractivity contribution < 1.29 is 14.5 Å². The number of benzene rings is 1. The van der Waals surface area contributed by atoms with Crippen LogP contribution < -0.4 is 0 Å². The summed E-state index contributed by atoms with van der Waals surface area (Å²) in [7, 11) is 3.67. The monoisotopic (exact) mass is 330 g/mol. The maximum Gasteiger partial charge on any atom is 0.343 e. The van der Waals surface area contributed by atoms with Crippen LogP contribution in [-0.2, 0) is 11.3 Å². The lowest BCUT2D eigenvalue weighted by atomic mass is 10.2. The van der Waals surface area contributed by atoms with Crippen LogP contribution in [-0.4, -0.2) is 46.0 Å². The molecule has 0 radical (unpaired) electrons. The molecule has 0 unspecified atom stereocenters. The van der Waals surface area contributed by atoms with E-state index in [0.29, 0.717) is 11.4 Å². The molecule has 0 spiro atoms. The maximum atomic E-state index is 11.9. The molecule has 0 fully saturated rings. The van der Waals surface area contributed by atoms with Crippen LogP contribution in [0.5, 0.6) is 0 Å². The van der Waals surface area contributed by atoms with Gasteiger partial charge in [0.1, 0.15) is 19.3 Å². The van der Waals surface area contributed by atoms with E-state index in [1.807, 2.05) is 14.1 Å². The largest absolute Gasteiger partial charge is 0.458 e. The van der Waals surface area contributed by atoms with Crippen molar-refractivity contribution in [3.63, 3.8) is 0 Å². The highest BCUT2D eigenvalue weighted by molar-refractivity contribution is 5.89. The molecule has 0 saturated heterocycles. The van der Waals surface area contributed by atoms with Gasteiger partial charge in [-0.05, 0) is 17.1 Å². The highest BCUT2D eigenvalue weighted by Crippen LogP contribution is 2.15. The van der Waals surface area contributed by atoms with E-state index >= 15 is 0 Å². The van der Waals surface area contributed by atoms with Gasteiger partial charge in [0.25, 0.3) is 0 Å². The van der Waals surface area contributed by atoms with E-state index in [2.05, 4.69) is 4.98 Å². The second-order valence-electron chi connectivity index (χ2n) is 5.16. The molecule has 2 rings (SSSR count). The summed E-state index contributed by atoms with van der Waals surface area (Å²) >= 11 is 0. The van der Waals surface area contributed by atoms with Gasteiger partial charge in [-0.1, -0.05) is 18.2 Å². The highest BCUT2D eigenvalue weighted by atomic mass is 16.6. The maximum absolute atomic E-state index is 11.9. The number of ether oxygens (including phenoxy) is 1. The van der Waals surface area contributed by atoms with Crippen LogP contribution >= 0.6 is 0 Å². The quantitative estimate of drug-likeness (QED) is 0.439. The molecule has 0 aliphatic heterocycles. The van der Waals surface area contributed by atoms with Gasteiger partial charge in [0, 0.05) is 26.4 Å². The summed E-state index contributed by atoms with van der Waals surface area (Å²) in [5, 5.41) is 11.1. The smallest absolute Gasteiger partial charge is 0.343 e. The van der Waals surface area contributed by atoms with Gasteiger partial charge in [-0.3, -0.25) is 0 Å². The van der Waals surface area contributed by atoms with Crippen LogP contribution in [0.15, 0.2) is 42.7 Å². The third-order valence-corrected chi connectivity index (χ3v) is 3.13. The number of imidazole rings is 1. The standard InChI is InChI=1S/C16H18N4O4/c1-18(2)9-8-14-17-12-15(20(22)23)19(14)10-11-24-16(21)13-6-4-3-5-7-13/h3-9,12H,10-11H2,1-2H3. The van der Waals surface area contributed by atoms with Crippen LogP contribution in [0.25, 0.3) is 6.08 Å². The SMILES string of the molecule is CN(C)C=Cc1ncc([N+](=O)[O-])n1CCOC(=O)c1ccccc1. The van der Waals surface area contributed by atoms with E-state index in [1.54, 1.807) is 47.5 Å². The number of esters is 1. The Hall–Kier alpha value is -3.16. The number of nitro groups is 1. The number of carbonyl (C=O) groups is 1. The van der Waals surface area contributed by atoms with E-state index in [9.17, 15) is 14.9 Å². The topological polar surface area (TPSA) is 90.5 Å². The number of hydrogen-bond acceptors (Lipinski definition) is 6. The van der Waals surface area contributed by atoms with Crippen molar-refractivity contribution in [3.05, 3.63) is 64.2 Å². The first-order chi connectivity index (χ1) is 11.5. The van der Waals surface area contributed by atoms with Crippen LogP contribution in [0.3, 0.4) is 0 Å². The Bertz CT molecular complexity index is 738. The number of rotatable bonds is 7. The molecule has 1 aromatic heterocycles. The first kappa shape index (κ1) is 17.2. The van der Waals surface area contributed by atoms with Gasteiger partial charge in [0.05, 0.1) is 5.56 Å². The van der Waals surface area contributed by atoms with Gasteiger partial charge < -0.3 is 19.8 Å². The van der Waals surface area contributed by atoms with Gasteiger partial charge in [0.15, 0.2) is 0 Å². The molecule has 24 heavy (non-hydrogen) atoms. The number of hydrogen-bond donors (Lipinski definition) is 0. The normalized spacial score (nSPS) is 10.8. The highest BCUT2D eigenvalue weighted by Gasteiger charge is 2.19. The second kappa shape index (κ2) is 7.91. The number of carbonyl (C=O) groups excluding carboxylic acids is 1. The summed E-state index contributed by atoms with van der Waals surface area (Å²) in [6.07, 6.45) is 4.58. The summed E-state index contributed by atoms with van der Waals surface area (Å²) in [4.78, 5) is 28.3. The van der Waals surface area contributed by atoms with Crippen molar-refractivity contribution in [3.8, 4) is 0 Å². The predicted molar refractivity (Wildman–Crippen MR) is 88.3 cm³/mol. The number of aromatic nitrogens is 2. The summed E-state index contributed by atoms with van der Waals surface area (Å²) in [6.45, 7) is 0.149. The molecular formula is C16H18N4O4. The third kappa shape index (κ3) is 4.42. The molecule has 2 aromatic rings. The van der Waals surface area contributed by atoms with Crippen molar-refractivity contribution in [2.45, 2.75) is 6.54 Å². The average Bonchev–Trinajstić information content (AvgIpc) is 2.97. The molecule has 1 aromatic carbocycles. The third-order valence-electron chi connectivity index (χ3n) is 3.13. The fourth-order valence-corrected chi connectivity index (χ4v) is 1.99. The van der Waals surface area contributed by atoms with E-state index in [1.165, 1.54) is 10.8 Å². The van der Waals surface area contributed by atoms with Gasteiger partial charge >= 0.3 is 11.8 Å². The van der Waals surface area contributed by atoms with E-state index in [0.717, 1.165) is 0 Å². The Balaban J connectivity index is 2.06. The summed E-state index contributed by atoms with van der Waals surface area (Å²) < 4.78 is 6.57. The summed E-state index contributed by atoms with van der Waals surface area (Å²) in [5.41, 5.74) is 0.436. The van der Waals surface area contributed by atoms with Crippen molar-refractivity contribution in [1.82, 2.24) is 14.5 Å². The molecule has 0 saturated carbocycles. The zero-order valence-electron chi connectivity index (χ0n) is 13.5. The van der Waals surface area contributed by atoms with Crippen LogP contribution in [0.4, 0.5) is 5.82 Å². The van der Waals surface area contributed by atoms with Gasteiger partial charge in [-0.2, -0.15) is 0 Å². The van der Waals surface area contributed by atoms with Gasteiger partial charge in [-0.15, -0.1) is 0 Å².